The summed E-state index contributed by atoms with van der Waals surface area (Å²) < 4.78 is 59.6. The van der Waals surface area contributed by atoms with E-state index in [4.69, 9.17) is 4.74 Å². The maximum absolute atomic E-state index is 14.0. The highest BCUT2D eigenvalue weighted by Gasteiger charge is 2.29. The molecule has 11 heteroatoms. The van der Waals surface area contributed by atoms with Crippen molar-refractivity contribution in [3.8, 4) is 5.75 Å². The van der Waals surface area contributed by atoms with Crippen LogP contribution in [0.5, 0.6) is 5.75 Å². The fourth-order valence-electron chi connectivity index (χ4n) is 3.84. The predicted octanol–water partition coefficient (Wildman–Crippen LogP) is 3.16. The van der Waals surface area contributed by atoms with Crippen LogP contribution in [0.25, 0.3) is 0 Å². The van der Waals surface area contributed by atoms with E-state index in [1.165, 1.54) is 11.9 Å². The minimum absolute atomic E-state index is 0.0554. The maximum atomic E-state index is 14.0. The Hall–Kier alpha value is -3.99. The third kappa shape index (κ3) is 5.62. The zero-order chi connectivity index (χ0) is 25.9. The number of anilines is 1. The second-order valence-electron chi connectivity index (χ2n) is 8.18. The molecule has 1 atom stereocenters. The van der Waals surface area contributed by atoms with E-state index in [2.05, 4.69) is 5.32 Å². The lowest BCUT2D eigenvalue weighted by Crippen LogP contribution is -2.52. The van der Waals surface area contributed by atoms with Crippen molar-refractivity contribution in [3.05, 3.63) is 89.5 Å². The summed E-state index contributed by atoms with van der Waals surface area (Å²) in [5, 5.41) is 2.37. The maximum Gasteiger partial charge on any atom is 0.329 e. The molecule has 2 N–H and O–H groups in total. The summed E-state index contributed by atoms with van der Waals surface area (Å²) in [5.74, 6) is -1.99. The summed E-state index contributed by atoms with van der Waals surface area (Å²) in [4.78, 5) is 26.4. The Morgan fingerprint density at radius 2 is 1.81 bits per heavy atom. The molecule has 0 aliphatic carbocycles. The van der Waals surface area contributed by atoms with Crippen LogP contribution < -0.4 is 19.7 Å². The predicted molar refractivity (Wildman–Crippen MR) is 128 cm³/mol. The van der Waals surface area contributed by atoms with Gasteiger partial charge >= 0.3 is 6.03 Å². The molecule has 0 unspecified atom stereocenters. The Morgan fingerprint density at radius 1 is 1.06 bits per heavy atom. The molecule has 0 bridgehead atoms. The van der Waals surface area contributed by atoms with Crippen molar-refractivity contribution in [2.45, 2.75) is 23.8 Å². The van der Waals surface area contributed by atoms with Gasteiger partial charge in [-0.2, -0.15) is 0 Å². The SMILES string of the molecule is CN(C(=O)[C@H](Cc1ccccc1)NC(=O)NS(=O)(=O)c1cc(F)ccc1F)c1ccc2c(c1)CCO2. The van der Waals surface area contributed by atoms with Crippen molar-refractivity contribution in [2.75, 3.05) is 18.6 Å². The van der Waals surface area contributed by atoms with Crippen molar-refractivity contribution in [1.29, 1.82) is 0 Å². The molecule has 0 fully saturated rings. The lowest BCUT2D eigenvalue weighted by Gasteiger charge is -2.25. The fraction of sp³-hybridized carbons (Fsp3) is 0.200. The minimum Gasteiger partial charge on any atom is -0.493 e. The van der Waals surface area contributed by atoms with Crippen molar-refractivity contribution >= 4 is 27.6 Å². The number of carbonyl (C=O) groups is 2. The summed E-state index contributed by atoms with van der Waals surface area (Å²) in [6.07, 6.45) is 0.758. The molecular weight excluding hydrogens is 492 g/mol. The number of urea groups is 1. The molecule has 0 saturated heterocycles. The number of rotatable bonds is 7. The van der Waals surface area contributed by atoms with Crippen molar-refractivity contribution in [3.63, 3.8) is 0 Å². The van der Waals surface area contributed by atoms with Crippen LogP contribution in [0.15, 0.2) is 71.6 Å². The highest BCUT2D eigenvalue weighted by molar-refractivity contribution is 7.90. The van der Waals surface area contributed by atoms with E-state index < -0.39 is 44.5 Å². The van der Waals surface area contributed by atoms with Gasteiger partial charge in [-0.3, -0.25) is 4.79 Å². The number of fused-ring (bicyclic) bond motifs is 1. The molecule has 188 valence electrons. The number of hydrogen-bond donors (Lipinski definition) is 2. The van der Waals surface area contributed by atoms with Gasteiger partial charge in [0.15, 0.2) is 0 Å². The Kier molecular flexibility index (Phi) is 7.20. The third-order valence-electron chi connectivity index (χ3n) is 5.69. The number of benzene rings is 3. The Bertz CT molecular complexity index is 1400. The number of amides is 3. The Morgan fingerprint density at radius 3 is 2.56 bits per heavy atom. The van der Waals surface area contributed by atoms with Gasteiger partial charge in [0.1, 0.15) is 28.3 Å². The molecular formula is C25H23F2N3O5S. The summed E-state index contributed by atoms with van der Waals surface area (Å²) in [7, 11) is -3.21. The van der Waals surface area contributed by atoms with E-state index in [-0.39, 0.29) is 6.42 Å². The Balaban J connectivity index is 1.55. The molecule has 8 nitrogen and oxygen atoms in total. The van der Waals surface area contributed by atoms with Gasteiger partial charge in [0.05, 0.1) is 6.61 Å². The van der Waals surface area contributed by atoms with Crippen molar-refractivity contribution in [2.24, 2.45) is 0 Å². The van der Waals surface area contributed by atoms with Crippen LogP contribution in [0.2, 0.25) is 0 Å². The molecule has 36 heavy (non-hydrogen) atoms. The van der Waals surface area contributed by atoms with Gasteiger partial charge in [0, 0.05) is 25.6 Å². The van der Waals surface area contributed by atoms with E-state index in [0.29, 0.717) is 36.4 Å². The fourth-order valence-corrected chi connectivity index (χ4v) is 4.85. The van der Waals surface area contributed by atoms with Crippen LogP contribution in [0.4, 0.5) is 19.3 Å². The van der Waals surface area contributed by atoms with Gasteiger partial charge in [0.25, 0.3) is 10.0 Å². The lowest BCUT2D eigenvalue weighted by molar-refractivity contribution is -0.120. The summed E-state index contributed by atoms with van der Waals surface area (Å²) in [5.41, 5.74) is 2.23. The van der Waals surface area contributed by atoms with Gasteiger partial charge in [-0.05, 0) is 47.5 Å². The second-order valence-corrected chi connectivity index (χ2v) is 9.83. The zero-order valence-corrected chi connectivity index (χ0v) is 20.0. The molecule has 3 amide bonds. The first kappa shape index (κ1) is 25.1. The number of likely N-dealkylation sites (N-methyl/N-ethyl adjacent to an activating group) is 1. The summed E-state index contributed by atoms with van der Waals surface area (Å²) >= 11 is 0. The molecule has 0 radical (unpaired) electrons. The number of nitrogens with one attached hydrogen (secondary N) is 2. The molecule has 3 aromatic rings. The molecule has 1 aliphatic rings. The average Bonchev–Trinajstić information content (AvgIpc) is 3.32. The molecule has 3 aromatic carbocycles. The topological polar surface area (TPSA) is 105 Å². The molecule has 0 aromatic heterocycles. The minimum atomic E-state index is -4.75. The number of nitrogens with zero attached hydrogens (tertiary/aromatic N) is 1. The number of halogens is 2. The lowest BCUT2D eigenvalue weighted by atomic mass is 10.0. The molecule has 0 saturated carbocycles. The zero-order valence-electron chi connectivity index (χ0n) is 19.2. The summed E-state index contributed by atoms with van der Waals surface area (Å²) in [6.45, 7) is 0.551. The van der Waals surface area contributed by atoms with Gasteiger partial charge in [-0.15, -0.1) is 0 Å². The van der Waals surface area contributed by atoms with E-state index in [9.17, 15) is 26.8 Å². The number of carbonyl (C=O) groups excluding carboxylic acids is 2. The van der Waals surface area contributed by atoms with E-state index in [0.717, 1.165) is 17.4 Å². The number of hydrogen-bond acceptors (Lipinski definition) is 5. The largest absolute Gasteiger partial charge is 0.493 e. The first-order chi connectivity index (χ1) is 17.1. The molecule has 1 aliphatic heterocycles. The first-order valence-electron chi connectivity index (χ1n) is 11.0. The second kappa shape index (κ2) is 10.3. The molecule has 0 spiro atoms. The van der Waals surface area contributed by atoms with Crippen LogP contribution in [-0.4, -0.2) is 40.1 Å². The van der Waals surface area contributed by atoms with Crippen molar-refractivity contribution in [1.82, 2.24) is 10.0 Å². The van der Waals surface area contributed by atoms with Gasteiger partial charge in [-0.25, -0.2) is 26.7 Å². The monoisotopic (exact) mass is 515 g/mol. The standard InChI is InChI=1S/C25H23F2N3O5S/c1-30(19-8-10-22-17(14-19)11-12-35-22)24(31)21(13-16-5-3-2-4-6-16)28-25(32)29-36(33,34)23-15-18(26)7-9-20(23)27/h2-10,14-15,21H,11-13H2,1H3,(H2,28,29,32)/t21-/m0/s1. The van der Waals surface area contributed by atoms with Crippen LogP contribution in [-0.2, 0) is 27.7 Å². The summed E-state index contributed by atoms with van der Waals surface area (Å²) in [6, 6.07) is 13.5. The normalized spacial score (nSPS) is 13.3. The highest BCUT2D eigenvalue weighted by Crippen LogP contribution is 2.29. The van der Waals surface area contributed by atoms with Crippen molar-refractivity contribution < 1.29 is 31.5 Å². The molecule has 1 heterocycles. The quantitative estimate of drug-likeness (QED) is 0.503. The van der Waals surface area contributed by atoms with Gasteiger partial charge < -0.3 is 15.0 Å². The first-order valence-corrected chi connectivity index (χ1v) is 12.5. The smallest absolute Gasteiger partial charge is 0.329 e. The van der Waals surface area contributed by atoms with Crippen LogP contribution in [0.3, 0.4) is 0 Å². The number of sulfonamides is 1. The third-order valence-corrected chi connectivity index (χ3v) is 7.03. The van der Waals surface area contributed by atoms with Crippen LogP contribution >= 0.6 is 0 Å². The van der Waals surface area contributed by atoms with Crippen LogP contribution in [0.1, 0.15) is 11.1 Å². The average molecular weight is 516 g/mol. The molecule has 4 rings (SSSR count). The van der Waals surface area contributed by atoms with E-state index >= 15 is 0 Å². The Labute approximate surface area is 206 Å². The van der Waals surface area contributed by atoms with Crippen LogP contribution in [0, 0.1) is 11.6 Å². The van der Waals surface area contributed by atoms with Gasteiger partial charge in [0.2, 0.25) is 5.91 Å². The number of ether oxygens (including phenoxy) is 1. The van der Waals surface area contributed by atoms with Gasteiger partial charge in [-0.1, -0.05) is 30.3 Å². The van der Waals surface area contributed by atoms with E-state index in [1.54, 1.807) is 47.2 Å². The highest BCUT2D eigenvalue weighted by atomic mass is 32.2. The van der Waals surface area contributed by atoms with E-state index in [1.807, 2.05) is 6.07 Å².